The van der Waals surface area contributed by atoms with Crippen LogP contribution in [-0.4, -0.2) is 17.2 Å². The van der Waals surface area contributed by atoms with E-state index in [0.717, 1.165) is 12.1 Å². The minimum atomic E-state index is -0.750. The lowest BCUT2D eigenvalue weighted by Gasteiger charge is -2.27. The van der Waals surface area contributed by atoms with Crippen LogP contribution in [-0.2, 0) is 5.60 Å². The monoisotopic (exact) mass is 221 g/mol. The maximum atomic E-state index is 10.3. The number of rotatable bonds is 4. The summed E-state index contributed by atoms with van der Waals surface area (Å²) in [7, 11) is 0. The van der Waals surface area contributed by atoms with Gasteiger partial charge in [-0.1, -0.05) is 30.3 Å². The van der Waals surface area contributed by atoms with E-state index in [2.05, 4.69) is 26.1 Å². The Balaban J connectivity index is 2.53. The molecule has 0 saturated carbocycles. The van der Waals surface area contributed by atoms with Crippen LogP contribution in [0, 0.1) is 0 Å². The first-order valence-electron chi connectivity index (χ1n) is 5.84. The minimum absolute atomic E-state index is 0.104. The highest BCUT2D eigenvalue weighted by Gasteiger charge is 2.22. The van der Waals surface area contributed by atoms with Crippen molar-refractivity contribution >= 4 is 0 Å². The Bertz CT molecular complexity index is 311. The van der Waals surface area contributed by atoms with E-state index in [9.17, 15) is 5.11 Å². The first kappa shape index (κ1) is 13.2. The van der Waals surface area contributed by atoms with E-state index in [1.165, 1.54) is 0 Å². The summed E-state index contributed by atoms with van der Waals surface area (Å²) in [4.78, 5) is 0. The fourth-order valence-corrected chi connectivity index (χ4v) is 1.62. The Kier molecular flexibility index (Phi) is 4.11. The number of hydrogen-bond acceptors (Lipinski definition) is 2. The van der Waals surface area contributed by atoms with E-state index in [-0.39, 0.29) is 5.54 Å². The molecule has 1 rings (SSSR count). The molecule has 16 heavy (non-hydrogen) atoms. The van der Waals surface area contributed by atoms with E-state index in [4.69, 9.17) is 0 Å². The predicted octanol–water partition coefficient (Wildman–Crippen LogP) is 2.67. The Labute approximate surface area is 98.7 Å². The predicted molar refractivity (Wildman–Crippen MR) is 68.4 cm³/mol. The third-order valence-corrected chi connectivity index (χ3v) is 2.66. The van der Waals surface area contributed by atoms with E-state index in [0.29, 0.717) is 6.42 Å². The number of nitrogens with one attached hydrogen (secondary N) is 1. The van der Waals surface area contributed by atoms with Crippen LogP contribution in [0.2, 0.25) is 0 Å². The molecule has 1 unspecified atom stereocenters. The second-order valence-electron chi connectivity index (χ2n) is 5.57. The fraction of sp³-hybridized carbons (Fsp3) is 0.571. The zero-order valence-electron chi connectivity index (χ0n) is 10.7. The highest BCUT2D eigenvalue weighted by atomic mass is 16.3. The Morgan fingerprint density at radius 3 is 2.12 bits per heavy atom. The molecule has 0 aliphatic carbocycles. The lowest BCUT2D eigenvalue weighted by Crippen LogP contribution is -2.39. The van der Waals surface area contributed by atoms with Crippen LogP contribution >= 0.6 is 0 Å². The molecule has 2 heteroatoms. The topological polar surface area (TPSA) is 32.3 Å². The average Bonchev–Trinajstić information content (AvgIpc) is 2.17. The maximum absolute atomic E-state index is 10.3. The van der Waals surface area contributed by atoms with Crippen molar-refractivity contribution in [3.8, 4) is 0 Å². The molecular formula is C14H23NO. The highest BCUT2D eigenvalue weighted by molar-refractivity contribution is 5.21. The van der Waals surface area contributed by atoms with Gasteiger partial charge in [0.15, 0.2) is 0 Å². The van der Waals surface area contributed by atoms with Crippen molar-refractivity contribution in [3.05, 3.63) is 35.9 Å². The van der Waals surface area contributed by atoms with Crippen LogP contribution in [0.15, 0.2) is 30.3 Å². The van der Waals surface area contributed by atoms with Crippen molar-refractivity contribution in [3.63, 3.8) is 0 Å². The summed E-state index contributed by atoms with van der Waals surface area (Å²) in [6.07, 6.45) is 0.717. The number of aliphatic hydroxyl groups is 1. The summed E-state index contributed by atoms with van der Waals surface area (Å²) in [5, 5.41) is 13.7. The summed E-state index contributed by atoms with van der Waals surface area (Å²) >= 11 is 0. The summed E-state index contributed by atoms with van der Waals surface area (Å²) in [5.41, 5.74) is 0.331. The molecule has 0 amide bonds. The molecule has 0 saturated heterocycles. The minimum Gasteiger partial charge on any atom is -0.385 e. The molecule has 0 aliphatic rings. The van der Waals surface area contributed by atoms with E-state index >= 15 is 0 Å². The van der Waals surface area contributed by atoms with Crippen LogP contribution in [0.25, 0.3) is 0 Å². The molecule has 2 N–H and O–H groups in total. The van der Waals surface area contributed by atoms with Crippen LogP contribution < -0.4 is 5.32 Å². The van der Waals surface area contributed by atoms with Gasteiger partial charge < -0.3 is 10.4 Å². The van der Waals surface area contributed by atoms with Crippen molar-refractivity contribution in [2.75, 3.05) is 6.54 Å². The quantitative estimate of drug-likeness (QED) is 0.819. The van der Waals surface area contributed by atoms with Gasteiger partial charge >= 0.3 is 0 Å². The molecule has 1 atom stereocenters. The largest absolute Gasteiger partial charge is 0.385 e. The van der Waals surface area contributed by atoms with Crippen molar-refractivity contribution in [2.24, 2.45) is 0 Å². The second kappa shape index (κ2) is 4.98. The molecule has 0 aromatic heterocycles. The third-order valence-electron chi connectivity index (χ3n) is 2.66. The van der Waals surface area contributed by atoms with Gasteiger partial charge in [0.2, 0.25) is 0 Å². The Morgan fingerprint density at radius 1 is 1.06 bits per heavy atom. The molecule has 1 aromatic carbocycles. The summed E-state index contributed by atoms with van der Waals surface area (Å²) < 4.78 is 0. The van der Waals surface area contributed by atoms with Crippen molar-refractivity contribution < 1.29 is 5.11 Å². The Hall–Kier alpha value is -0.860. The average molecular weight is 221 g/mol. The molecular weight excluding hydrogens is 198 g/mol. The van der Waals surface area contributed by atoms with Crippen molar-refractivity contribution in [2.45, 2.75) is 45.3 Å². The molecule has 0 aliphatic heterocycles. The van der Waals surface area contributed by atoms with Gasteiger partial charge in [0.1, 0.15) is 0 Å². The van der Waals surface area contributed by atoms with Crippen LogP contribution in [0.5, 0.6) is 0 Å². The van der Waals surface area contributed by atoms with Crippen molar-refractivity contribution in [1.29, 1.82) is 0 Å². The normalized spacial score (nSPS) is 15.8. The Morgan fingerprint density at radius 2 is 1.62 bits per heavy atom. The molecule has 0 fully saturated rings. The van der Waals surface area contributed by atoms with E-state index in [1.807, 2.05) is 37.3 Å². The fourth-order valence-electron chi connectivity index (χ4n) is 1.62. The van der Waals surface area contributed by atoms with Crippen LogP contribution in [0.3, 0.4) is 0 Å². The second-order valence-corrected chi connectivity index (χ2v) is 5.57. The number of benzene rings is 1. The van der Waals surface area contributed by atoms with Crippen LogP contribution in [0.4, 0.5) is 0 Å². The summed E-state index contributed by atoms with van der Waals surface area (Å²) in [6, 6.07) is 9.82. The van der Waals surface area contributed by atoms with Gasteiger partial charge in [-0.2, -0.15) is 0 Å². The molecule has 0 bridgehead atoms. The van der Waals surface area contributed by atoms with Gasteiger partial charge in [-0.15, -0.1) is 0 Å². The van der Waals surface area contributed by atoms with Gasteiger partial charge in [0.25, 0.3) is 0 Å². The highest BCUT2D eigenvalue weighted by Crippen LogP contribution is 2.23. The van der Waals surface area contributed by atoms with Crippen molar-refractivity contribution in [1.82, 2.24) is 5.32 Å². The molecule has 0 spiro atoms. The summed E-state index contributed by atoms with van der Waals surface area (Å²) in [5.74, 6) is 0. The number of hydrogen-bond donors (Lipinski definition) is 2. The standard InChI is InChI=1S/C14H23NO/c1-13(2,3)15-11-10-14(4,16)12-8-6-5-7-9-12/h5-9,15-16H,10-11H2,1-4H3. The molecule has 90 valence electrons. The molecule has 0 radical (unpaired) electrons. The van der Waals surface area contributed by atoms with E-state index in [1.54, 1.807) is 0 Å². The third kappa shape index (κ3) is 4.33. The van der Waals surface area contributed by atoms with Gasteiger partial charge in [0.05, 0.1) is 5.60 Å². The lowest BCUT2D eigenvalue weighted by molar-refractivity contribution is 0.0464. The van der Waals surface area contributed by atoms with Gasteiger partial charge in [-0.05, 0) is 46.2 Å². The van der Waals surface area contributed by atoms with Crippen LogP contribution in [0.1, 0.15) is 39.7 Å². The van der Waals surface area contributed by atoms with E-state index < -0.39 is 5.60 Å². The first-order valence-corrected chi connectivity index (χ1v) is 5.84. The first-order chi connectivity index (χ1) is 7.31. The van der Waals surface area contributed by atoms with Gasteiger partial charge in [-0.25, -0.2) is 0 Å². The smallest absolute Gasteiger partial charge is 0.0880 e. The van der Waals surface area contributed by atoms with Gasteiger partial charge in [0, 0.05) is 5.54 Å². The lowest BCUT2D eigenvalue weighted by atomic mass is 9.92. The molecule has 0 heterocycles. The molecule has 2 nitrogen and oxygen atoms in total. The zero-order chi connectivity index (χ0) is 12.2. The summed E-state index contributed by atoms with van der Waals surface area (Å²) in [6.45, 7) is 9.07. The SMILES string of the molecule is CC(C)(C)NCCC(C)(O)c1ccccc1. The van der Waals surface area contributed by atoms with Gasteiger partial charge in [-0.3, -0.25) is 0 Å². The zero-order valence-corrected chi connectivity index (χ0v) is 10.7. The maximum Gasteiger partial charge on any atom is 0.0880 e. The molecule has 1 aromatic rings.